The highest BCUT2D eigenvalue weighted by atomic mass is 32.2. The Morgan fingerprint density at radius 3 is 2.74 bits per heavy atom. The molecule has 140 valence electrons. The van der Waals surface area contributed by atoms with E-state index in [0.29, 0.717) is 10.7 Å². The number of carbonyl (C=O) groups excluding carboxylic acids is 1. The number of amidine groups is 1. The molecule has 1 aliphatic heterocycles. The minimum absolute atomic E-state index is 0.154. The largest absolute Gasteiger partial charge is 0.301 e. The molecule has 0 fully saturated rings. The molecule has 0 unspecified atom stereocenters. The first-order chi connectivity index (χ1) is 12.9. The van der Waals surface area contributed by atoms with E-state index in [1.165, 1.54) is 9.75 Å². The summed E-state index contributed by atoms with van der Waals surface area (Å²) < 4.78 is 1.87. The average molecular weight is 400 g/mol. The van der Waals surface area contributed by atoms with Crippen molar-refractivity contribution in [3.63, 3.8) is 0 Å². The summed E-state index contributed by atoms with van der Waals surface area (Å²) in [6, 6.07) is 4.16. The second-order valence-corrected chi connectivity index (χ2v) is 9.34. The number of amides is 1. The molecule has 4 heterocycles. The quantitative estimate of drug-likeness (QED) is 0.717. The Morgan fingerprint density at radius 1 is 1.30 bits per heavy atom. The van der Waals surface area contributed by atoms with Crippen molar-refractivity contribution < 1.29 is 4.79 Å². The van der Waals surface area contributed by atoms with Crippen molar-refractivity contribution >= 4 is 45.2 Å². The van der Waals surface area contributed by atoms with Gasteiger partial charge in [-0.1, -0.05) is 11.8 Å². The van der Waals surface area contributed by atoms with Gasteiger partial charge in [0.25, 0.3) is 5.91 Å². The molecule has 4 rings (SSSR count). The Morgan fingerprint density at radius 2 is 2.11 bits per heavy atom. The van der Waals surface area contributed by atoms with Gasteiger partial charge in [-0.15, -0.1) is 11.3 Å². The molecule has 0 radical (unpaired) electrons. The monoisotopic (exact) mass is 399 g/mol. The second-order valence-electron chi connectivity index (χ2n) is 6.79. The molecule has 1 amide bonds. The van der Waals surface area contributed by atoms with Gasteiger partial charge >= 0.3 is 0 Å². The maximum Gasteiger partial charge on any atom is 0.258 e. The number of nitrogens with one attached hydrogen (secondary N) is 1. The number of aromatic nitrogens is 3. The van der Waals surface area contributed by atoms with Crippen LogP contribution in [0.4, 0.5) is 0 Å². The molecule has 0 bridgehead atoms. The number of pyridine rings is 1. The van der Waals surface area contributed by atoms with Crippen LogP contribution in [0, 0.1) is 13.8 Å². The molecule has 0 saturated carbocycles. The van der Waals surface area contributed by atoms with Gasteiger partial charge in [0.1, 0.15) is 0 Å². The lowest BCUT2D eigenvalue weighted by atomic mass is 10.1. The first-order valence-electron chi connectivity index (χ1n) is 8.88. The van der Waals surface area contributed by atoms with Gasteiger partial charge in [-0.2, -0.15) is 5.10 Å². The molecule has 0 aromatic carbocycles. The lowest BCUT2D eigenvalue weighted by Gasteiger charge is -2.11. The highest BCUT2D eigenvalue weighted by Crippen LogP contribution is 2.32. The summed E-state index contributed by atoms with van der Waals surface area (Å²) >= 11 is 3.31. The first-order valence-corrected chi connectivity index (χ1v) is 10.7. The highest BCUT2D eigenvalue weighted by molar-refractivity contribution is 8.14. The van der Waals surface area contributed by atoms with Crippen molar-refractivity contribution in [1.82, 2.24) is 20.1 Å². The maximum absolute atomic E-state index is 13.0. The van der Waals surface area contributed by atoms with E-state index in [1.54, 1.807) is 29.3 Å². The number of thioether (sulfide) groups is 1. The predicted molar refractivity (Wildman–Crippen MR) is 113 cm³/mol. The van der Waals surface area contributed by atoms with Crippen molar-refractivity contribution in [1.29, 1.82) is 0 Å². The van der Waals surface area contributed by atoms with Crippen molar-refractivity contribution in [2.45, 2.75) is 33.7 Å². The van der Waals surface area contributed by atoms with E-state index < -0.39 is 0 Å². The third-order valence-electron chi connectivity index (χ3n) is 4.42. The highest BCUT2D eigenvalue weighted by Gasteiger charge is 2.21. The van der Waals surface area contributed by atoms with Gasteiger partial charge in [-0.25, -0.2) is 9.67 Å². The number of hydrogen-bond donors (Lipinski definition) is 1. The standard InChI is InChI=1S/C19H21N5OS2/c1-10(2)24-17-15(9-21-24)14(18(25)23-19-20-5-6-26-19)8-16(22-17)13-7-11(3)27-12(13)4/h7-10H,5-6H2,1-4H3,(H,20,23,25). The Hall–Kier alpha value is -2.19. The molecule has 27 heavy (non-hydrogen) atoms. The zero-order valence-electron chi connectivity index (χ0n) is 15.7. The van der Waals surface area contributed by atoms with E-state index in [-0.39, 0.29) is 11.9 Å². The normalized spacial score (nSPS) is 14.2. The second kappa shape index (κ2) is 7.09. The van der Waals surface area contributed by atoms with Crippen LogP contribution in [-0.2, 0) is 0 Å². The summed E-state index contributed by atoms with van der Waals surface area (Å²) in [4.78, 5) is 24.6. The van der Waals surface area contributed by atoms with E-state index in [2.05, 4.69) is 49.2 Å². The molecule has 1 N–H and O–H groups in total. The Balaban J connectivity index is 1.88. The van der Waals surface area contributed by atoms with Gasteiger partial charge in [0, 0.05) is 27.1 Å². The third kappa shape index (κ3) is 3.39. The van der Waals surface area contributed by atoms with Gasteiger partial charge in [0.2, 0.25) is 0 Å². The summed E-state index contributed by atoms with van der Waals surface area (Å²) in [5.41, 5.74) is 3.19. The molecule has 3 aromatic heterocycles. The van der Waals surface area contributed by atoms with Gasteiger partial charge < -0.3 is 5.32 Å². The van der Waals surface area contributed by atoms with Crippen LogP contribution in [-0.4, -0.2) is 38.1 Å². The lowest BCUT2D eigenvalue weighted by Crippen LogP contribution is -2.27. The summed E-state index contributed by atoms with van der Waals surface area (Å²) in [5, 5.41) is 8.86. The third-order valence-corrected chi connectivity index (χ3v) is 6.28. The topological polar surface area (TPSA) is 72.2 Å². The van der Waals surface area contributed by atoms with Gasteiger partial charge in [0.15, 0.2) is 10.8 Å². The Bertz CT molecular complexity index is 1060. The average Bonchev–Trinajstić information content (AvgIpc) is 3.33. The van der Waals surface area contributed by atoms with Crippen molar-refractivity contribution in [2.24, 2.45) is 4.99 Å². The van der Waals surface area contributed by atoms with Crippen LogP contribution >= 0.6 is 23.1 Å². The Kier molecular flexibility index (Phi) is 4.77. The minimum Gasteiger partial charge on any atom is -0.301 e. The molecule has 0 atom stereocenters. The molecule has 3 aromatic rings. The summed E-state index contributed by atoms with van der Waals surface area (Å²) in [5.74, 6) is 0.746. The van der Waals surface area contributed by atoms with Gasteiger partial charge in [-0.3, -0.25) is 9.79 Å². The fraction of sp³-hybridized carbons (Fsp3) is 0.368. The van der Waals surface area contributed by atoms with E-state index in [4.69, 9.17) is 4.98 Å². The van der Waals surface area contributed by atoms with E-state index in [1.807, 2.05) is 10.7 Å². The van der Waals surface area contributed by atoms with E-state index in [9.17, 15) is 4.79 Å². The maximum atomic E-state index is 13.0. The van der Waals surface area contributed by atoms with Gasteiger partial charge in [0.05, 0.1) is 29.4 Å². The SMILES string of the molecule is Cc1cc(-c2cc(C(=O)NC3=NCCS3)c3cnn(C(C)C)c3n2)c(C)s1. The molecular formula is C19H21N5OS2. The van der Waals surface area contributed by atoms with Crippen LogP contribution in [0.3, 0.4) is 0 Å². The van der Waals surface area contributed by atoms with Crippen LogP contribution in [0.15, 0.2) is 23.3 Å². The fourth-order valence-corrected chi connectivity index (χ4v) is 4.84. The van der Waals surface area contributed by atoms with Crippen molar-refractivity contribution in [3.05, 3.63) is 33.6 Å². The summed E-state index contributed by atoms with van der Waals surface area (Å²) in [6.45, 7) is 9.04. The number of fused-ring (bicyclic) bond motifs is 1. The van der Waals surface area contributed by atoms with Crippen LogP contribution in [0.2, 0.25) is 0 Å². The number of aryl methyl sites for hydroxylation is 2. The fourth-order valence-electron chi connectivity index (χ4n) is 3.18. The summed E-state index contributed by atoms with van der Waals surface area (Å²) in [6.07, 6.45) is 1.73. The predicted octanol–water partition coefficient (Wildman–Crippen LogP) is 4.19. The molecule has 0 spiro atoms. The van der Waals surface area contributed by atoms with Crippen LogP contribution in [0.5, 0.6) is 0 Å². The molecule has 0 aliphatic carbocycles. The number of carbonyl (C=O) groups is 1. The van der Waals surface area contributed by atoms with Crippen LogP contribution in [0.25, 0.3) is 22.3 Å². The number of rotatable bonds is 3. The number of nitrogens with zero attached hydrogens (tertiary/aromatic N) is 4. The zero-order chi connectivity index (χ0) is 19.1. The minimum atomic E-state index is -0.162. The van der Waals surface area contributed by atoms with E-state index >= 15 is 0 Å². The number of hydrogen-bond acceptors (Lipinski definition) is 6. The zero-order valence-corrected chi connectivity index (χ0v) is 17.4. The van der Waals surface area contributed by atoms with E-state index in [0.717, 1.165) is 34.6 Å². The van der Waals surface area contributed by atoms with Crippen LogP contribution in [0.1, 0.15) is 40.0 Å². The number of aliphatic imine (C=N–C) groups is 1. The molecule has 0 saturated heterocycles. The molecular weight excluding hydrogens is 378 g/mol. The van der Waals surface area contributed by atoms with Gasteiger partial charge in [-0.05, 0) is 39.8 Å². The number of thiophene rings is 1. The molecule has 1 aliphatic rings. The lowest BCUT2D eigenvalue weighted by molar-refractivity contribution is 0.0979. The summed E-state index contributed by atoms with van der Waals surface area (Å²) in [7, 11) is 0. The molecule has 8 heteroatoms. The smallest absolute Gasteiger partial charge is 0.258 e. The van der Waals surface area contributed by atoms with Crippen molar-refractivity contribution in [2.75, 3.05) is 12.3 Å². The molecule has 6 nitrogen and oxygen atoms in total. The first kappa shape index (κ1) is 18.2. The Labute approximate surface area is 166 Å². The van der Waals surface area contributed by atoms with Crippen LogP contribution < -0.4 is 5.32 Å². The van der Waals surface area contributed by atoms with Crippen molar-refractivity contribution in [3.8, 4) is 11.3 Å².